The van der Waals surface area contributed by atoms with Gasteiger partial charge in [-0.2, -0.15) is 0 Å². The van der Waals surface area contributed by atoms with Gasteiger partial charge in [0.1, 0.15) is 0 Å². The van der Waals surface area contributed by atoms with Crippen molar-refractivity contribution in [2.75, 3.05) is 0 Å². The molecule has 3 aromatic rings. The van der Waals surface area contributed by atoms with Crippen molar-refractivity contribution in [1.29, 1.82) is 0 Å². The maximum Gasteiger partial charge on any atom is 0.167 e. The van der Waals surface area contributed by atoms with Crippen LogP contribution in [0.4, 0.5) is 0 Å². The number of carbonyl (C=O) groups excluding carboxylic acids is 1. The molecule has 0 aromatic heterocycles. The molecule has 0 saturated heterocycles. The Morgan fingerprint density at radius 3 is 2.48 bits per heavy atom. The van der Waals surface area contributed by atoms with Crippen LogP contribution >= 0.6 is 0 Å². The maximum atomic E-state index is 12.6. The zero-order chi connectivity index (χ0) is 14.8. The van der Waals surface area contributed by atoms with Crippen molar-refractivity contribution in [3.05, 3.63) is 82.9 Å². The lowest BCUT2D eigenvalue weighted by molar-refractivity contribution is 0.0992. The van der Waals surface area contributed by atoms with Crippen LogP contribution in [0.1, 0.15) is 27.0 Å². The van der Waals surface area contributed by atoms with Gasteiger partial charge in [-0.1, -0.05) is 66.2 Å². The summed E-state index contributed by atoms with van der Waals surface area (Å²) in [6.07, 6.45) is 0.450. The molecule has 0 aliphatic heterocycles. The molecule has 21 heavy (non-hydrogen) atoms. The van der Waals surface area contributed by atoms with Gasteiger partial charge in [-0.15, -0.1) is 0 Å². The van der Waals surface area contributed by atoms with Crippen LogP contribution in [0.15, 0.2) is 60.7 Å². The molecule has 3 aromatic carbocycles. The van der Waals surface area contributed by atoms with Gasteiger partial charge in [0.15, 0.2) is 5.78 Å². The zero-order valence-corrected chi connectivity index (χ0v) is 12.4. The number of Topliss-reactive ketones (excluding diaryl/α,β-unsaturated/α-hetero) is 1. The molecule has 0 amide bonds. The molecule has 0 unspecified atom stereocenters. The van der Waals surface area contributed by atoms with E-state index in [1.165, 1.54) is 10.9 Å². The van der Waals surface area contributed by atoms with Gasteiger partial charge in [-0.05, 0) is 35.7 Å². The first-order valence-electron chi connectivity index (χ1n) is 7.22. The van der Waals surface area contributed by atoms with E-state index in [2.05, 4.69) is 24.3 Å². The van der Waals surface area contributed by atoms with Crippen molar-refractivity contribution in [2.45, 2.75) is 20.3 Å². The second kappa shape index (κ2) is 5.53. The maximum absolute atomic E-state index is 12.6. The minimum atomic E-state index is 0.184. The molecule has 0 aliphatic carbocycles. The first-order valence-corrected chi connectivity index (χ1v) is 7.22. The van der Waals surface area contributed by atoms with Gasteiger partial charge in [0, 0.05) is 12.0 Å². The van der Waals surface area contributed by atoms with Crippen LogP contribution in [0.25, 0.3) is 10.8 Å². The number of hydrogen-bond donors (Lipinski definition) is 0. The third-order valence-corrected chi connectivity index (χ3v) is 3.91. The number of carbonyl (C=O) groups is 1. The minimum absolute atomic E-state index is 0.184. The standard InChI is InChI=1S/C20H18O/c1-14-10-11-18(15(2)12-14)20(21)13-17-8-5-7-16-6-3-4-9-19(16)17/h3-12H,13H2,1-2H3. The summed E-state index contributed by atoms with van der Waals surface area (Å²) < 4.78 is 0. The first kappa shape index (κ1) is 13.6. The Morgan fingerprint density at radius 2 is 1.67 bits per heavy atom. The van der Waals surface area contributed by atoms with E-state index in [-0.39, 0.29) is 5.78 Å². The monoisotopic (exact) mass is 274 g/mol. The predicted octanol–water partition coefficient (Wildman–Crippen LogP) is 4.88. The molecule has 0 N–H and O–H groups in total. The first-order chi connectivity index (χ1) is 10.1. The van der Waals surface area contributed by atoms with Crippen LogP contribution < -0.4 is 0 Å². The van der Waals surface area contributed by atoms with Gasteiger partial charge in [0.05, 0.1) is 0 Å². The fourth-order valence-electron chi connectivity index (χ4n) is 2.84. The summed E-state index contributed by atoms with van der Waals surface area (Å²) in [7, 11) is 0. The number of rotatable bonds is 3. The number of hydrogen-bond acceptors (Lipinski definition) is 1. The highest BCUT2D eigenvalue weighted by molar-refractivity contribution is 6.01. The summed E-state index contributed by atoms with van der Waals surface area (Å²) in [4.78, 5) is 12.6. The number of benzene rings is 3. The molecule has 0 spiro atoms. The molecular formula is C20H18O. The Morgan fingerprint density at radius 1 is 0.905 bits per heavy atom. The summed E-state index contributed by atoms with van der Waals surface area (Å²) in [6.45, 7) is 4.05. The highest BCUT2D eigenvalue weighted by Gasteiger charge is 2.11. The summed E-state index contributed by atoms with van der Waals surface area (Å²) in [5.74, 6) is 0.184. The molecule has 3 rings (SSSR count). The van der Waals surface area contributed by atoms with E-state index in [1.54, 1.807) is 0 Å². The normalized spacial score (nSPS) is 10.8. The van der Waals surface area contributed by atoms with Gasteiger partial charge < -0.3 is 0 Å². The highest BCUT2D eigenvalue weighted by Crippen LogP contribution is 2.21. The fraction of sp³-hybridized carbons (Fsp3) is 0.150. The molecule has 0 fully saturated rings. The second-order valence-corrected chi connectivity index (χ2v) is 5.56. The van der Waals surface area contributed by atoms with Crippen LogP contribution in [0.2, 0.25) is 0 Å². The van der Waals surface area contributed by atoms with Crippen molar-refractivity contribution in [2.24, 2.45) is 0 Å². The van der Waals surface area contributed by atoms with Gasteiger partial charge in [-0.3, -0.25) is 4.79 Å². The van der Waals surface area contributed by atoms with E-state index in [9.17, 15) is 4.79 Å². The lowest BCUT2D eigenvalue weighted by Gasteiger charge is -2.08. The second-order valence-electron chi connectivity index (χ2n) is 5.56. The summed E-state index contributed by atoms with van der Waals surface area (Å²) in [6, 6.07) is 20.4. The quantitative estimate of drug-likeness (QED) is 0.622. The Labute approximate surface area is 125 Å². The topological polar surface area (TPSA) is 17.1 Å². The fourth-order valence-corrected chi connectivity index (χ4v) is 2.84. The van der Waals surface area contributed by atoms with Crippen LogP contribution in [0, 0.1) is 13.8 Å². The lowest BCUT2D eigenvalue weighted by atomic mass is 9.95. The molecule has 104 valence electrons. The molecule has 0 bridgehead atoms. The third-order valence-electron chi connectivity index (χ3n) is 3.91. The molecule has 0 saturated carbocycles. The lowest BCUT2D eigenvalue weighted by Crippen LogP contribution is -2.06. The Bertz CT molecular complexity index is 810. The number of fused-ring (bicyclic) bond motifs is 1. The molecule has 1 heteroatoms. The molecule has 0 heterocycles. The molecule has 1 nitrogen and oxygen atoms in total. The molecular weight excluding hydrogens is 256 g/mol. The van der Waals surface area contributed by atoms with Crippen molar-refractivity contribution >= 4 is 16.6 Å². The smallest absolute Gasteiger partial charge is 0.167 e. The van der Waals surface area contributed by atoms with Gasteiger partial charge >= 0.3 is 0 Å². The van der Waals surface area contributed by atoms with Crippen LogP contribution in [-0.2, 0) is 6.42 Å². The molecule has 0 aliphatic rings. The number of ketones is 1. The van der Waals surface area contributed by atoms with Gasteiger partial charge in [-0.25, -0.2) is 0 Å². The van der Waals surface area contributed by atoms with Crippen LogP contribution in [-0.4, -0.2) is 5.78 Å². The SMILES string of the molecule is Cc1ccc(C(=O)Cc2cccc3ccccc23)c(C)c1. The van der Waals surface area contributed by atoms with Crippen LogP contribution in [0.5, 0.6) is 0 Å². The van der Waals surface area contributed by atoms with Crippen LogP contribution in [0.3, 0.4) is 0 Å². The third kappa shape index (κ3) is 2.73. The molecule has 0 atom stereocenters. The largest absolute Gasteiger partial charge is 0.294 e. The van der Waals surface area contributed by atoms with E-state index in [1.807, 2.05) is 50.2 Å². The van der Waals surface area contributed by atoms with E-state index in [0.717, 1.165) is 22.1 Å². The Hall–Kier alpha value is -2.41. The van der Waals surface area contributed by atoms with Crippen molar-refractivity contribution in [3.8, 4) is 0 Å². The number of aryl methyl sites for hydroxylation is 2. The van der Waals surface area contributed by atoms with Crippen molar-refractivity contribution in [3.63, 3.8) is 0 Å². The summed E-state index contributed by atoms with van der Waals surface area (Å²) in [5, 5.41) is 2.35. The van der Waals surface area contributed by atoms with E-state index >= 15 is 0 Å². The average Bonchev–Trinajstić information content (AvgIpc) is 2.47. The Balaban J connectivity index is 1.97. The Kier molecular flexibility index (Phi) is 3.57. The van der Waals surface area contributed by atoms with E-state index in [4.69, 9.17) is 0 Å². The average molecular weight is 274 g/mol. The molecule has 0 radical (unpaired) electrons. The van der Waals surface area contributed by atoms with E-state index in [0.29, 0.717) is 6.42 Å². The van der Waals surface area contributed by atoms with Crippen molar-refractivity contribution in [1.82, 2.24) is 0 Å². The highest BCUT2D eigenvalue weighted by atomic mass is 16.1. The summed E-state index contributed by atoms with van der Waals surface area (Å²) in [5.41, 5.74) is 4.17. The summed E-state index contributed by atoms with van der Waals surface area (Å²) >= 11 is 0. The predicted molar refractivity (Wildman–Crippen MR) is 87.9 cm³/mol. The van der Waals surface area contributed by atoms with E-state index < -0.39 is 0 Å². The zero-order valence-electron chi connectivity index (χ0n) is 12.4. The van der Waals surface area contributed by atoms with Gasteiger partial charge in [0.25, 0.3) is 0 Å². The van der Waals surface area contributed by atoms with Gasteiger partial charge in [0.2, 0.25) is 0 Å². The van der Waals surface area contributed by atoms with Crippen molar-refractivity contribution < 1.29 is 4.79 Å². The minimum Gasteiger partial charge on any atom is -0.294 e.